The van der Waals surface area contributed by atoms with Crippen molar-refractivity contribution in [1.29, 1.82) is 0 Å². The van der Waals surface area contributed by atoms with Crippen molar-refractivity contribution in [3.8, 4) is 0 Å². The van der Waals surface area contributed by atoms with Crippen molar-refractivity contribution in [3.05, 3.63) is 35.4 Å². The molecule has 0 saturated heterocycles. The van der Waals surface area contributed by atoms with E-state index in [9.17, 15) is 5.11 Å². The van der Waals surface area contributed by atoms with Crippen LogP contribution in [0.4, 0.5) is 0 Å². The number of hydrogen-bond acceptors (Lipinski definition) is 2. The van der Waals surface area contributed by atoms with E-state index in [0.29, 0.717) is 0 Å². The van der Waals surface area contributed by atoms with Crippen molar-refractivity contribution in [1.82, 2.24) is 4.90 Å². The van der Waals surface area contributed by atoms with E-state index in [2.05, 4.69) is 36.9 Å². The minimum Gasteiger partial charge on any atom is -0.387 e. The maximum atomic E-state index is 10.4. The van der Waals surface area contributed by atoms with E-state index < -0.39 is 0 Å². The molecule has 94 valence electrons. The minimum atomic E-state index is -0.302. The monoisotopic (exact) mass is 233 g/mol. The molecule has 2 rings (SSSR count). The van der Waals surface area contributed by atoms with Crippen LogP contribution in [0, 0.1) is 0 Å². The van der Waals surface area contributed by atoms with E-state index in [1.165, 1.54) is 5.56 Å². The molecule has 0 amide bonds. The summed E-state index contributed by atoms with van der Waals surface area (Å²) in [7, 11) is 0. The van der Waals surface area contributed by atoms with E-state index >= 15 is 0 Å². The summed E-state index contributed by atoms with van der Waals surface area (Å²) in [4.78, 5) is 2.45. The first-order valence-corrected chi connectivity index (χ1v) is 6.77. The average Bonchev–Trinajstić information content (AvgIpc) is 2.67. The SMILES string of the molecule is CCCN(CCC)C1Cc2ccccc2C1O. The Balaban J connectivity index is 2.14. The van der Waals surface area contributed by atoms with Crippen molar-refractivity contribution in [2.45, 2.75) is 45.3 Å². The molecule has 17 heavy (non-hydrogen) atoms. The van der Waals surface area contributed by atoms with Crippen molar-refractivity contribution in [2.24, 2.45) is 0 Å². The van der Waals surface area contributed by atoms with Gasteiger partial charge in [-0.25, -0.2) is 0 Å². The van der Waals surface area contributed by atoms with Gasteiger partial charge in [0.25, 0.3) is 0 Å². The summed E-state index contributed by atoms with van der Waals surface area (Å²) in [5, 5.41) is 10.4. The largest absolute Gasteiger partial charge is 0.387 e. The van der Waals surface area contributed by atoms with Gasteiger partial charge in [0.15, 0.2) is 0 Å². The normalized spacial score (nSPS) is 23.1. The van der Waals surface area contributed by atoms with Crippen LogP contribution < -0.4 is 0 Å². The third-order valence-electron chi connectivity index (χ3n) is 3.66. The highest BCUT2D eigenvalue weighted by atomic mass is 16.3. The van der Waals surface area contributed by atoms with Crippen molar-refractivity contribution in [2.75, 3.05) is 13.1 Å². The van der Waals surface area contributed by atoms with E-state index in [1.54, 1.807) is 0 Å². The van der Waals surface area contributed by atoms with Crippen LogP contribution in [0.15, 0.2) is 24.3 Å². The van der Waals surface area contributed by atoms with Gasteiger partial charge in [-0.05, 0) is 43.5 Å². The lowest BCUT2D eigenvalue weighted by molar-refractivity contribution is 0.0604. The van der Waals surface area contributed by atoms with Crippen LogP contribution in [-0.2, 0) is 6.42 Å². The number of nitrogens with zero attached hydrogens (tertiary/aromatic N) is 1. The van der Waals surface area contributed by atoms with E-state index in [1.807, 2.05) is 6.07 Å². The highest BCUT2D eigenvalue weighted by molar-refractivity contribution is 5.35. The molecule has 1 aromatic rings. The van der Waals surface area contributed by atoms with E-state index in [-0.39, 0.29) is 12.1 Å². The van der Waals surface area contributed by atoms with Gasteiger partial charge >= 0.3 is 0 Å². The number of hydrogen-bond donors (Lipinski definition) is 1. The molecule has 2 atom stereocenters. The van der Waals surface area contributed by atoms with Crippen LogP contribution in [0.1, 0.15) is 43.9 Å². The van der Waals surface area contributed by atoms with Crippen molar-refractivity contribution >= 4 is 0 Å². The summed E-state index contributed by atoms with van der Waals surface area (Å²) in [6.07, 6.45) is 3.00. The zero-order chi connectivity index (χ0) is 12.3. The molecule has 0 aromatic heterocycles. The standard InChI is InChI=1S/C15H23NO/c1-3-9-16(10-4-2)14-11-12-7-5-6-8-13(12)15(14)17/h5-8,14-15,17H,3-4,9-11H2,1-2H3. The fourth-order valence-corrected chi connectivity index (χ4v) is 2.90. The van der Waals surface area contributed by atoms with Crippen LogP contribution in [0.2, 0.25) is 0 Å². The maximum absolute atomic E-state index is 10.4. The molecule has 0 radical (unpaired) electrons. The van der Waals surface area contributed by atoms with Gasteiger partial charge in [0, 0.05) is 6.04 Å². The highest BCUT2D eigenvalue weighted by Crippen LogP contribution is 2.34. The number of fused-ring (bicyclic) bond motifs is 1. The number of rotatable bonds is 5. The summed E-state index contributed by atoms with van der Waals surface area (Å²) < 4.78 is 0. The molecule has 0 heterocycles. The van der Waals surface area contributed by atoms with Gasteiger partial charge in [0.2, 0.25) is 0 Å². The first-order valence-electron chi connectivity index (χ1n) is 6.77. The van der Waals surface area contributed by atoms with Gasteiger partial charge < -0.3 is 5.11 Å². The molecule has 0 bridgehead atoms. The predicted molar refractivity (Wildman–Crippen MR) is 71.0 cm³/mol. The quantitative estimate of drug-likeness (QED) is 0.845. The minimum absolute atomic E-state index is 0.285. The molecule has 2 heteroatoms. The molecule has 0 saturated carbocycles. The zero-order valence-electron chi connectivity index (χ0n) is 10.9. The molecule has 0 spiro atoms. The summed E-state index contributed by atoms with van der Waals surface area (Å²) >= 11 is 0. The highest BCUT2D eigenvalue weighted by Gasteiger charge is 2.33. The average molecular weight is 233 g/mol. The zero-order valence-corrected chi connectivity index (χ0v) is 10.9. The van der Waals surface area contributed by atoms with E-state index in [4.69, 9.17) is 0 Å². The molecule has 1 N–H and O–H groups in total. The fourth-order valence-electron chi connectivity index (χ4n) is 2.90. The summed E-state index contributed by atoms with van der Waals surface area (Å²) in [6, 6.07) is 8.59. The Kier molecular flexibility index (Phi) is 4.19. The lowest BCUT2D eigenvalue weighted by Gasteiger charge is -2.30. The Hall–Kier alpha value is -0.860. The lowest BCUT2D eigenvalue weighted by atomic mass is 10.1. The number of benzene rings is 1. The molecular weight excluding hydrogens is 210 g/mol. The third kappa shape index (κ3) is 2.53. The molecular formula is C15H23NO. The molecule has 1 aromatic carbocycles. The molecule has 2 unspecified atom stereocenters. The van der Waals surface area contributed by atoms with Crippen molar-refractivity contribution in [3.63, 3.8) is 0 Å². The van der Waals surface area contributed by atoms with Crippen LogP contribution in [0.5, 0.6) is 0 Å². The molecule has 2 nitrogen and oxygen atoms in total. The Morgan fingerprint density at radius 3 is 2.41 bits per heavy atom. The van der Waals surface area contributed by atoms with Gasteiger partial charge in [0.1, 0.15) is 0 Å². The Labute approximate surface area is 104 Å². The lowest BCUT2D eigenvalue weighted by Crippen LogP contribution is -2.39. The maximum Gasteiger partial charge on any atom is 0.0951 e. The Morgan fingerprint density at radius 2 is 1.82 bits per heavy atom. The smallest absolute Gasteiger partial charge is 0.0951 e. The second-order valence-corrected chi connectivity index (χ2v) is 4.95. The van der Waals surface area contributed by atoms with Gasteiger partial charge in [-0.2, -0.15) is 0 Å². The summed E-state index contributed by atoms with van der Waals surface area (Å²) in [5.74, 6) is 0. The Bertz CT molecular complexity index is 358. The van der Waals surface area contributed by atoms with Crippen molar-refractivity contribution < 1.29 is 5.11 Å². The first kappa shape index (κ1) is 12.6. The van der Waals surface area contributed by atoms with Crippen LogP contribution >= 0.6 is 0 Å². The molecule has 0 fully saturated rings. The van der Waals surface area contributed by atoms with Crippen LogP contribution in [-0.4, -0.2) is 29.1 Å². The van der Waals surface area contributed by atoms with Crippen LogP contribution in [0.3, 0.4) is 0 Å². The van der Waals surface area contributed by atoms with Gasteiger partial charge in [0.05, 0.1) is 6.10 Å². The summed E-state index contributed by atoms with van der Waals surface area (Å²) in [6.45, 7) is 6.58. The second kappa shape index (κ2) is 5.65. The fraction of sp³-hybridized carbons (Fsp3) is 0.600. The molecule has 0 aliphatic heterocycles. The predicted octanol–water partition coefficient (Wildman–Crippen LogP) is 2.77. The first-order chi connectivity index (χ1) is 8.27. The number of aliphatic hydroxyl groups is 1. The van der Waals surface area contributed by atoms with Gasteiger partial charge in [-0.3, -0.25) is 4.90 Å². The molecule has 1 aliphatic rings. The summed E-state index contributed by atoms with van der Waals surface area (Å²) in [5.41, 5.74) is 2.46. The second-order valence-electron chi connectivity index (χ2n) is 4.95. The topological polar surface area (TPSA) is 23.5 Å². The third-order valence-corrected chi connectivity index (χ3v) is 3.66. The number of aliphatic hydroxyl groups excluding tert-OH is 1. The Morgan fingerprint density at radius 1 is 1.18 bits per heavy atom. The molecule has 1 aliphatic carbocycles. The van der Waals surface area contributed by atoms with Crippen LogP contribution in [0.25, 0.3) is 0 Å². The van der Waals surface area contributed by atoms with Gasteiger partial charge in [-0.1, -0.05) is 38.1 Å². The van der Waals surface area contributed by atoms with E-state index in [0.717, 1.165) is 37.9 Å². The van der Waals surface area contributed by atoms with Gasteiger partial charge in [-0.15, -0.1) is 0 Å².